The molecule has 0 saturated carbocycles. The number of halogens is 1. The van der Waals surface area contributed by atoms with Gasteiger partial charge in [-0.15, -0.1) is 11.3 Å². The molecule has 5 heteroatoms. The number of methoxy groups -OCH3 is 2. The first kappa shape index (κ1) is 14.1. The summed E-state index contributed by atoms with van der Waals surface area (Å²) in [7, 11) is 3.14. The third-order valence-electron chi connectivity index (χ3n) is 2.77. The minimum Gasteiger partial charge on any atom is -0.493 e. The van der Waals surface area contributed by atoms with Crippen molar-refractivity contribution in [3.05, 3.63) is 44.1 Å². The van der Waals surface area contributed by atoms with Gasteiger partial charge in [-0.2, -0.15) is 0 Å². The maximum atomic E-state index is 12.4. The van der Waals surface area contributed by atoms with Crippen LogP contribution in [0, 0.1) is 6.92 Å². The monoisotopic (exact) mass is 340 g/mol. The van der Waals surface area contributed by atoms with Crippen LogP contribution < -0.4 is 9.47 Å². The number of aryl methyl sites for hydroxylation is 1. The van der Waals surface area contributed by atoms with Gasteiger partial charge in [-0.3, -0.25) is 4.79 Å². The Bertz CT molecular complexity index is 619. The van der Waals surface area contributed by atoms with Crippen molar-refractivity contribution in [2.75, 3.05) is 14.2 Å². The minimum atomic E-state index is -0.00541. The zero-order valence-corrected chi connectivity index (χ0v) is 13.2. The van der Waals surface area contributed by atoms with Crippen molar-refractivity contribution < 1.29 is 14.3 Å². The Morgan fingerprint density at radius 1 is 1.16 bits per heavy atom. The molecule has 0 saturated heterocycles. The van der Waals surface area contributed by atoms with E-state index in [0.29, 0.717) is 21.9 Å². The Morgan fingerprint density at radius 3 is 2.32 bits per heavy atom. The average molecular weight is 341 g/mol. The summed E-state index contributed by atoms with van der Waals surface area (Å²) in [6.07, 6.45) is 0. The van der Waals surface area contributed by atoms with E-state index in [1.807, 2.05) is 25.1 Å². The average Bonchev–Trinajstić information content (AvgIpc) is 2.84. The number of ketones is 1. The molecular formula is C14H13BrO3S. The van der Waals surface area contributed by atoms with Gasteiger partial charge in [0.05, 0.1) is 22.9 Å². The molecule has 3 nitrogen and oxygen atoms in total. The predicted molar refractivity (Wildman–Crippen MR) is 79.7 cm³/mol. The summed E-state index contributed by atoms with van der Waals surface area (Å²) in [6, 6.07) is 7.22. The maximum absolute atomic E-state index is 12.4. The van der Waals surface area contributed by atoms with Crippen LogP contribution in [0.3, 0.4) is 0 Å². The molecule has 0 amide bonds. The van der Waals surface area contributed by atoms with Gasteiger partial charge >= 0.3 is 0 Å². The van der Waals surface area contributed by atoms with E-state index in [1.165, 1.54) is 11.3 Å². The van der Waals surface area contributed by atoms with E-state index in [2.05, 4.69) is 15.9 Å². The second-order valence-electron chi connectivity index (χ2n) is 3.95. The number of hydrogen-bond acceptors (Lipinski definition) is 4. The van der Waals surface area contributed by atoms with Crippen molar-refractivity contribution in [2.24, 2.45) is 0 Å². The first-order valence-corrected chi connectivity index (χ1v) is 7.20. The quantitative estimate of drug-likeness (QED) is 0.787. The zero-order valence-electron chi connectivity index (χ0n) is 10.8. The first-order chi connectivity index (χ1) is 9.06. The van der Waals surface area contributed by atoms with Crippen molar-refractivity contribution in [3.63, 3.8) is 0 Å². The number of ether oxygens (including phenoxy) is 2. The molecule has 0 N–H and O–H groups in total. The van der Waals surface area contributed by atoms with Crippen LogP contribution in [-0.4, -0.2) is 20.0 Å². The normalized spacial score (nSPS) is 10.3. The van der Waals surface area contributed by atoms with E-state index in [4.69, 9.17) is 9.47 Å². The largest absolute Gasteiger partial charge is 0.493 e. The molecule has 0 bridgehead atoms. The lowest BCUT2D eigenvalue weighted by molar-refractivity contribution is 0.104. The Morgan fingerprint density at radius 2 is 1.79 bits per heavy atom. The number of hydrogen-bond donors (Lipinski definition) is 0. The Kier molecular flexibility index (Phi) is 4.27. The molecule has 0 aliphatic heterocycles. The van der Waals surface area contributed by atoms with Crippen LogP contribution in [0.15, 0.2) is 28.1 Å². The molecule has 0 spiro atoms. The number of carbonyl (C=O) groups is 1. The van der Waals surface area contributed by atoms with E-state index in [-0.39, 0.29) is 5.78 Å². The van der Waals surface area contributed by atoms with Crippen LogP contribution in [-0.2, 0) is 0 Å². The van der Waals surface area contributed by atoms with Gasteiger partial charge in [-0.1, -0.05) is 0 Å². The Labute approximate surface area is 124 Å². The summed E-state index contributed by atoms with van der Waals surface area (Å²) < 4.78 is 11.4. The van der Waals surface area contributed by atoms with E-state index < -0.39 is 0 Å². The predicted octanol–water partition coefficient (Wildman–Crippen LogP) is 4.07. The van der Waals surface area contributed by atoms with Crippen LogP contribution in [0.25, 0.3) is 0 Å². The summed E-state index contributed by atoms with van der Waals surface area (Å²) in [4.78, 5) is 13.1. The Hall–Kier alpha value is -1.33. The number of rotatable bonds is 4. The second kappa shape index (κ2) is 5.75. The molecule has 0 aliphatic rings. The van der Waals surface area contributed by atoms with Gasteiger partial charge in [0.25, 0.3) is 0 Å². The smallest absolute Gasteiger partial charge is 0.203 e. The number of benzene rings is 1. The fourth-order valence-electron chi connectivity index (χ4n) is 1.79. The minimum absolute atomic E-state index is 0.00541. The third kappa shape index (κ3) is 2.82. The van der Waals surface area contributed by atoms with Gasteiger partial charge in [-0.05, 0) is 52.7 Å². The molecule has 1 heterocycles. The van der Waals surface area contributed by atoms with Crippen molar-refractivity contribution in [3.8, 4) is 11.5 Å². The summed E-state index contributed by atoms with van der Waals surface area (Å²) >= 11 is 4.78. The highest BCUT2D eigenvalue weighted by molar-refractivity contribution is 9.11. The van der Waals surface area contributed by atoms with Crippen molar-refractivity contribution in [2.45, 2.75) is 6.92 Å². The van der Waals surface area contributed by atoms with Crippen LogP contribution >= 0.6 is 27.3 Å². The molecule has 0 fully saturated rings. The molecule has 100 valence electrons. The highest BCUT2D eigenvalue weighted by atomic mass is 79.9. The molecule has 0 radical (unpaired) electrons. The molecular weight excluding hydrogens is 328 g/mol. The van der Waals surface area contributed by atoms with E-state index in [1.54, 1.807) is 20.3 Å². The van der Waals surface area contributed by atoms with Crippen LogP contribution in [0.5, 0.6) is 11.5 Å². The van der Waals surface area contributed by atoms with Gasteiger partial charge in [0.15, 0.2) is 11.5 Å². The lowest BCUT2D eigenvalue weighted by atomic mass is 10.0. The van der Waals surface area contributed by atoms with Crippen LogP contribution in [0.4, 0.5) is 0 Å². The molecule has 0 atom stereocenters. The van der Waals surface area contributed by atoms with Gasteiger partial charge in [0.2, 0.25) is 5.78 Å². The molecule has 1 aromatic heterocycles. The molecule has 2 rings (SSSR count). The highest BCUT2D eigenvalue weighted by Crippen LogP contribution is 2.32. The highest BCUT2D eigenvalue weighted by Gasteiger charge is 2.17. The summed E-state index contributed by atoms with van der Waals surface area (Å²) in [5.74, 6) is 1.19. The van der Waals surface area contributed by atoms with Crippen LogP contribution in [0.1, 0.15) is 20.8 Å². The van der Waals surface area contributed by atoms with Crippen molar-refractivity contribution in [1.82, 2.24) is 0 Å². The van der Waals surface area contributed by atoms with Crippen molar-refractivity contribution in [1.29, 1.82) is 0 Å². The molecule has 2 aromatic rings. The first-order valence-electron chi connectivity index (χ1n) is 5.59. The van der Waals surface area contributed by atoms with E-state index in [0.717, 1.165) is 9.35 Å². The molecule has 0 unspecified atom stereocenters. The second-order valence-corrected chi connectivity index (χ2v) is 6.42. The standard InChI is InChI=1S/C14H13BrO3S/c1-8-6-10(17-2)11(18-3)7-9(8)14(16)12-4-5-13(15)19-12/h4-7H,1-3H3. The number of carbonyl (C=O) groups excluding carboxylic acids is 1. The number of thiophene rings is 1. The summed E-state index contributed by atoms with van der Waals surface area (Å²) in [5, 5.41) is 0. The van der Waals surface area contributed by atoms with E-state index >= 15 is 0 Å². The van der Waals surface area contributed by atoms with Gasteiger partial charge in [0.1, 0.15) is 0 Å². The van der Waals surface area contributed by atoms with Gasteiger partial charge in [-0.25, -0.2) is 0 Å². The Balaban J connectivity index is 2.47. The zero-order chi connectivity index (χ0) is 14.0. The third-order valence-corrected chi connectivity index (χ3v) is 4.39. The summed E-state index contributed by atoms with van der Waals surface area (Å²) in [6.45, 7) is 1.89. The topological polar surface area (TPSA) is 35.5 Å². The molecule has 1 aromatic carbocycles. The molecule has 0 aliphatic carbocycles. The van der Waals surface area contributed by atoms with Gasteiger partial charge in [0, 0.05) is 5.56 Å². The lowest BCUT2D eigenvalue weighted by Crippen LogP contribution is -2.03. The fraction of sp³-hybridized carbons (Fsp3) is 0.214. The lowest BCUT2D eigenvalue weighted by Gasteiger charge is -2.11. The molecule has 19 heavy (non-hydrogen) atoms. The SMILES string of the molecule is COc1cc(C)c(C(=O)c2ccc(Br)s2)cc1OC. The maximum Gasteiger partial charge on any atom is 0.203 e. The van der Waals surface area contributed by atoms with Gasteiger partial charge < -0.3 is 9.47 Å². The van der Waals surface area contributed by atoms with E-state index in [9.17, 15) is 4.79 Å². The fourth-order valence-corrected chi connectivity index (χ4v) is 3.13. The van der Waals surface area contributed by atoms with Crippen molar-refractivity contribution >= 4 is 33.0 Å². The van der Waals surface area contributed by atoms with Crippen LogP contribution in [0.2, 0.25) is 0 Å². The summed E-state index contributed by atoms with van der Waals surface area (Å²) in [5.41, 5.74) is 1.50.